The quantitative estimate of drug-likeness (QED) is 0.897. The average molecular weight is 279 g/mol. The second kappa shape index (κ2) is 5.13. The summed E-state index contributed by atoms with van der Waals surface area (Å²) in [7, 11) is 0. The Balaban J connectivity index is 1.82. The van der Waals surface area contributed by atoms with Crippen molar-refractivity contribution >= 4 is 22.4 Å². The summed E-state index contributed by atoms with van der Waals surface area (Å²) in [5, 5.41) is 4.74. The molecule has 0 spiro atoms. The minimum atomic E-state index is -4.80. The number of halogens is 3. The number of piperidine rings is 1. The molecule has 1 saturated heterocycles. The second-order valence-electron chi connectivity index (χ2n) is 4.05. The molecule has 1 amide bonds. The third-order valence-electron chi connectivity index (χ3n) is 2.78. The molecule has 1 aliphatic heterocycles. The molecular formula is C10H12F3N3OS. The van der Waals surface area contributed by atoms with Crippen molar-refractivity contribution in [1.29, 1.82) is 0 Å². The van der Waals surface area contributed by atoms with Gasteiger partial charge >= 0.3 is 12.1 Å². The minimum Gasteiger partial charge on any atom is -0.348 e. The molecule has 1 aliphatic rings. The lowest BCUT2D eigenvalue weighted by atomic mass is 10.1. The number of alkyl halides is 3. The van der Waals surface area contributed by atoms with Crippen LogP contribution in [0.2, 0.25) is 0 Å². The third kappa shape index (κ3) is 3.12. The highest BCUT2D eigenvalue weighted by Gasteiger charge is 2.40. The van der Waals surface area contributed by atoms with Gasteiger partial charge in [-0.15, -0.1) is 11.3 Å². The number of carbonyl (C=O) groups is 1. The maximum absolute atomic E-state index is 12.1. The van der Waals surface area contributed by atoms with Gasteiger partial charge in [-0.2, -0.15) is 13.2 Å². The number of hydrogen-bond acceptors (Lipinski definition) is 4. The van der Waals surface area contributed by atoms with Crippen LogP contribution in [0.4, 0.5) is 18.3 Å². The lowest BCUT2D eigenvalue weighted by Crippen LogP contribution is -2.48. The zero-order chi connectivity index (χ0) is 13.2. The average Bonchev–Trinajstić information content (AvgIpc) is 2.82. The number of aromatic nitrogens is 1. The third-order valence-corrected chi connectivity index (χ3v) is 3.61. The molecule has 1 N–H and O–H groups in total. The molecule has 0 aliphatic carbocycles. The normalized spacial score (nSPS) is 17.8. The van der Waals surface area contributed by atoms with Gasteiger partial charge in [-0.3, -0.25) is 4.79 Å². The van der Waals surface area contributed by atoms with Crippen molar-refractivity contribution < 1.29 is 18.0 Å². The Morgan fingerprint density at radius 1 is 1.44 bits per heavy atom. The Kier molecular flexibility index (Phi) is 3.74. The summed E-state index contributed by atoms with van der Waals surface area (Å²) in [6, 6.07) is -0.407. The number of thiazole rings is 1. The first-order valence-electron chi connectivity index (χ1n) is 5.49. The maximum Gasteiger partial charge on any atom is 0.471 e. The SMILES string of the molecule is O=C(NC1CCN(c2nccs2)CC1)C(F)(F)F. The van der Waals surface area contributed by atoms with E-state index in [1.807, 2.05) is 15.6 Å². The molecular weight excluding hydrogens is 267 g/mol. The molecule has 0 unspecified atom stereocenters. The van der Waals surface area contributed by atoms with Crippen LogP contribution in [0.25, 0.3) is 0 Å². The summed E-state index contributed by atoms with van der Waals surface area (Å²) in [4.78, 5) is 16.9. The van der Waals surface area contributed by atoms with Crippen LogP contribution in [0.3, 0.4) is 0 Å². The van der Waals surface area contributed by atoms with Crippen molar-refractivity contribution in [2.24, 2.45) is 0 Å². The van der Waals surface area contributed by atoms with Gasteiger partial charge in [-0.05, 0) is 12.8 Å². The van der Waals surface area contributed by atoms with Crippen LogP contribution in [0.1, 0.15) is 12.8 Å². The van der Waals surface area contributed by atoms with Crippen molar-refractivity contribution in [3.63, 3.8) is 0 Å². The molecule has 4 nitrogen and oxygen atoms in total. The number of rotatable bonds is 2. The van der Waals surface area contributed by atoms with Gasteiger partial charge < -0.3 is 10.2 Å². The Labute approximate surface area is 106 Å². The Hall–Kier alpha value is -1.31. The first kappa shape index (κ1) is 13.1. The van der Waals surface area contributed by atoms with Gasteiger partial charge in [0.15, 0.2) is 5.13 Å². The fourth-order valence-electron chi connectivity index (χ4n) is 1.85. The van der Waals surface area contributed by atoms with Crippen molar-refractivity contribution in [2.75, 3.05) is 18.0 Å². The number of carbonyl (C=O) groups excluding carboxylic acids is 1. The summed E-state index contributed by atoms with van der Waals surface area (Å²) in [5.74, 6) is -1.85. The number of nitrogens with one attached hydrogen (secondary N) is 1. The molecule has 18 heavy (non-hydrogen) atoms. The predicted octanol–water partition coefficient (Wildman–Crippen LogP) is 1.79. The molecule has 100 valence electrons. The van der Waals surface area contributed by atoms with Crippen LogP contribution in [0, 0.1) is 0 Å². The molecule has 2 rings (SSSR count). The number of hydrogen-bond donors (Lipinski definition) is 1. The molecule has 0 radical (unpaired) electrons. The lowest BCUT2D eigenvalue weighted by Gasteiger charge is -2.32. The van der Waals surface area contributed by atoms with Crippen molar-refractivity contribution in [3.8, 4) is 0 Å². The van der Waals surface area contributed by atoms with Crippen LogP contribution in [-0.2, 0) is 4.79 Å². The van der Waals surface area contributed by atoms with Crippen LogP contribution >= 0.6 is 11.3 Å². The fourth-order valence-corrected chi connectivity index (χ4v) is 2.55. The van der Waals surface area contributed by atoms with Gasteiger partial charge in [-0.25, -0.2) is 4.98 Å². The molecule has 0 aromatic carbocycles. The monoisotopic (exact) mass is 279 g/mol. The van der Waals surface area contributed by atoms with Gasteiger partial charge in [0.05, 0.1) is 0 Å². The highest BCUT2D eigenvalue weighted by Crippen LogP contribution is 2.22. The van der Waals surface area contributed by atoms with Crippen LogP contribution < -0.4 is 10.2 Å². The van der Waals surface area contributed by atoms with E-state index in [2.05, 4.69) is 4.98 Å². The van der Waals surface area contributed by atoms with Gasteiger partial charge in [0.1, 0.15) is 0 Å². The summed E-state index contributed by atoms with van der Waals surface area (Å²) in [6.45, 7) is 1.21. The highest BCUT2D eigenvalue weighted by molar-refractivity contribution is 7.13. The van der Waals surface area contributed by atoms with Crippen LogP contribution in [0.15, 0.2) is 11.6 Å². The summed E-state index contributed by atoms with van der Waals surface area (Å²) in [6.07, 6.45) is -2.10. The van der Waals surface area contributed by atoms with Crippen molar-refractivity contribution in [1.82, 2.24) is 10.3 Å². The number of nitrogens with zero attached hydrogens (tertiary/aromatic N) is 2. The van der Waals surface area contributed by atoms with E-state index in [1.165, 1.54) is 11.3 Å². The molecule has 0 bridgehead atoms. The molecule has 1 fully saturated rings. The molecule has 0 atom stereocenters. The summed E-state index contributed by atoms with van der Waals surface area (Å²) >= 11 is 1.50. The van der Waals surface area contributed by atoms with E-state index in [-0.39, 0.29) is 0 Å². The molecule has 8 heteroatoms. The zero-order valence-corrected chi connectivity index (χ0v) is 10.2. The van der Waals surface area contributed by atoms with E-state index in [1.54, 1.807) is 6.20 Å². The molecule has 0 saturated carbocycles. The van der Waals surface area contributed by atoms with E-state index in [0.717, 1.165) is 5.13 Å². The fraction of sp³-hybridized carbons (Fsp3) is 0.600. The highest BCUT2D eigenvalue weighted by atomic mass is 32.1. The largest absolute Gasteiger partial charge is 0.471 e. The van der Waals surface area contributed by atoms with E-state index in [9.17, 15) is 18.0 Å². The topological polar surface area (TPSA) is 45.2 Å². The van der Waals surface area contributed by atoms with Gasteiger partial charge in [-0.1, -0.05) is 0 Å². The van der Waals surface area contributed by atoms with E-state index < -0.39 is 18.1 Å². The summed E-state index contributed by atoms with van der Waals surface area (Å²) < 4.78 is 36.2. The molecule has 2 heterocycles. The van der Waals surface area contributed by atoms with Gasteiger partial charge in [0.25, 0.3) is 0 Å². The van der Waals surface area contributed by atoms with Gasteiger partial charge in [0, 0.05) is 30.7 Å². The molecule has 1 aromatic heterocycles. The Morgan fingerprint density at radius 2 is 2.11 bits per heavy atom. The van der Waals surface area contributed by atoms with E-state index in [4.69, 9.17) is 0 Å². The molecule has 1 aromatic rings. The predicted molar refractivity (Wildman–Crippen MR) is 61.5 cm³/mol. The first-order chi connectivity index (χ1) is 8.47. The first-order valence-corrected chi connectivity index (χ1v) is 6.37. The standard InChI is InChI=1S/C10H12F3N3OS/c11-10(12,13)8(17)15-7-1-4-16(5-2-7)9-14-3-6-18-9/h3,6-7H,1-2,4-5H2,(H,15,17). The maximum atomic E-state index is 12.1. The minimum absolute atomic E-state index is 0.407. The summed E-state index contributed by atoms with van der Waals surface area (Å²) in [5.41, 5.74) is 0. The Morgan fingerprint density at radius 3 is 2.61 bits per heavy atom. The van der Waals surface area contributed by atoms with Crippen molar-refractivity contribution in [2.45, 2.75) is 25.1 Å². The van der Waals surface area contributed by atoms with Gasteiger partial charge in [0.2, 0.25) is 0 Å². The number of amides is 1. The Bertz CT molecular complexity index is 399. The van der Waals surface area contributed by atoms with Crippen LogP contribution in [-0.4, -0.2) is 36.2 Å². The lowest BCUT2D eigenvalue weighted by molar-refractivity contribution is -0.174. The number of anilines is 1. The smallest absolute Gasteiger partial charge is 0.348 e. The van der Waals surface area contributed by atoms with E-state index in [0.29, 0.717) is 25.9 Å². The second-order valence-corrected chi connectivity index (χ2v) is 4.92. The van der Waals surface area contributed by atoms with Crippen molar-refractivity contribution in [3.05, 3.63) is 11.6 Å². The van der Waals surface area contributed by atoms with E-state index >= 15 is 0 Å². The van der Waals surface area contributed by atoms with Crippen LogP contribution in [0.5, 0.6) is 0 Å². The zero-order valence-electron chi connectivity index (χ0n) is 9.41.